The van der Waals surface area contributed by atoms with E-state index in [1.165, 1.54) is 0 Å². The van der Waals surface area contributed by atoms with Crippen molar-refractivity contribution in [2.45, 2.75) is 83.6 Å². The topological polar surface area (TPSA) is 84.9 Å². The van der Waals surface area contributed by atoms with Crippen LogP contribution in [0.4, 0.5) is 0 Å². The van der Waals surface area contributed by atoms with Crippen LogP contribution in [0.2, 0.25) is 0 Å². The predicted molar refractivity (Wildman–Crippen MR) is 131 cm³/mol. The van der Waals surface area contributed by atoms with Crippen LogP contribution < -0.4 is 5.32 Å². The normalized spacial score (nSPS) is 36.9. The van der Waals surface area contributed by atoms with Crippen LogP contribution in [0.15, 0.2) is 36.4 Å². The first-order valence-electron chi connectivity index (χ1n) is 12.6. The van der Waals surface area contributed by atoms with E-state index >= 15 is 0 Å². The van der Waals surface area contributed by atoms with Crippen LogP contribution in [0.1, 0.15) is 65.9 Å². The van der Waals surface area contributed by atoms with Gasteiger partial charge in [-0.05, 0) is 62.0 Å². The molecule has 4 rings (SSSR count). The number of allylic oxidation sites excluding steroid dienone is 1. The number of hydrogen-bond acceptors (Lipinski definition) is 5. The number of ether oxygens (including phenoxy) is 2. The summed E-state index contributed by atoms with van der Waals surface area (Å²) in [5.41, 5.74) is 0.637. The lowest BCUT2D eigenvalue weighted by Gasteiger charge is -2.52. The van der Waals surface area contributed by atoms with Crippen molar-refractivity contribution in [2.24, 2.45) is 23.7 Å². The van der Waals surface area contributed by atoms with Gasteiger partial charge >= 0.3 is 5.97 Å². The largest absolute Gasteiger partial charge is 0.456 e. The lowest BCUT2D eigenvalue weighted by Crippen LogP contribution is -2.61. The van der Waals surface area contributed by atoms with Gasteiger partial charge < -0.3 is 19.9 Å². The van der Waals surface area contributed by atoms with Crippen LogP contribution in [-0.2, 0) is 19.1 Å². The van der Waals surface area contributed by atoms with Crippen LogP contribution in [0, 0.1) is 23.7 Å². The second-order valence-electron chi connectivity index (χ2n) is 11.2. The Morgan fingerprint density at radius 2 is 1.97 bits per heavy atom. The summed E-state index contributed by atoms with van der Waals surface area (Å²) in [5.74, 6) is 0.327. The molecule has 7 unspecified atom stereocenters. The van der Waals surface area contributed by atoms with E-state index in [1.807, 2.05) is 37.3 Å². The third kappa shape index (κ3) is 4.42. The number of esters is 1. The van der Waals surface area contributed by atoms with Crippen molar-refractivity contribution in [3.8, 4) is 0 Å². The average molecular weight is 470 g/mol. The summed E-state index contributed by atoms with van der Waals surface area (Å²) in [7, 11) is 0. The molecule has 1 aromatic rings. The third-order valence-corrected chi connectivity index (χ3v) is 8.36. The molecule has 0 aromatic heterocycles. The Kier molecular flexibility index (Phi) is 6.94. The summed E-state index contributed by atoms with van der Waals surface area (Å²) in [6.07, 6.45) is 4.53. The zero-order valence-corrected chi connectivity index (χ0v) is 21.0. The second-order valence-corrected chi connectivity index (χ2v) is 11.2. The highest BCUT2D eigenvalue weighted by atomic mass is 16.6. The first kappa shape index (κ1) is 24.9. The Morgan fingerprint density at radius 1 is 1.26 bits per heavy atom. The highest BCUT2D eigenvalue weighted by molar-refractivity contribution is 5.91. The number of fused-ring (bicyclic) bond motifs is 4. The van der Waals surface area contributed by atoms with E-state index in [2.05, 4.69) is 33.0 Å². The maximum absolute atomic E-state index is 13.2. The number of carbonyl (C=O) groups is 2. The van der Waals surface area contributed by atoms with Gasteiger partial charge in [-0.3, -0.25) is 4.79 Å². The molecule has 2 heterocycles. The molecule has 3 fully saturated rings. The number of aliphatic hydroxyl groups is 1. The highest BCUT2D eigenvalue weighted by Crippen LogP contribution is 2.62. The number of benzene rings is 1. The van der Waals surface area contributed by atoms with E-state index in [9.17, 15) is 14.7 Å². The molecule has 0 spiro atoms. The van der Waals surface area contributed by atoms with Crippen molar-refractivity contribution >= 4 is 17.4 Å². The first-order chi connectivity index (χ1) is 16.1. The van der Waals surface area contributed by atoms with E-state index < -0.39 is 17.8 Å². The Balaban J connectivity index is 1.68. The fourth-order valence-corrected chi connectivity index (χ4v) is 7.03. The molecule has 0 radical (unpaired) electrons. The summed E-state index contributed by atoms with van der Waals surface area (Å²) >= 11 is 0. The van der Waals surface area contributed by atoms with E-state index in [0.717, 1.165) is 30.4 Å². The van der Waals surface area contributed by atoms with Crippen molar-refractivity contribution < 1.29 is 24.2 Å². The lowest BCUT2D eigenvalue weighted by molar-refractivity contribution is -0.250. The molecule has 1 aliphatic carbocycles. The predicted octanol–water partition coefficient (Wildman–Crippen LogP) is 4.12. The van der Waals surface area contributed by atoms with Crippen LogP contribution in [-0.4, -0.2) is 46.9 Å². The Morgan fingerprint density at radius 3 is 2.62 bits per heavy atom. The minimum atomic E-state index is -0.666. The van der Waals surface area contributed by atoms with Gasteiger partial charge in [-0.25, -0.2) is 4.79 Å². The Labute approximate surface area is 203 Å². The van der Waals surface area contributed by atoms with Crippen molar-refractivity contribution in [2.75, 3.05) is 6.61 Å². The van der Waals surface area contributed by atoms with E-state index in [4.69, 9.17) is 9.47 Å². The van der Waals surface area contributed by atoms with Gasteiger partial charge in [-0.2, -0.15) is 0 Å². The third-order valence-electron chi connectivity index (χ3n) is 8.36. The second kappa shape index (κ2) is 9.46. The van der Waals surface area contributed by atoms with Crippen LogP contribution in [0.3, 0.4) is 0 Å². The number of nitrogens with one attached hydrogen (secondary N) is 1. The van der Waals surface area contributed by atoms with Crippen LogP contribution in [0.25, 0.3) is 5.57 Å². The molecule has 2 bridgehead atoms. The Bertz CT molecular complexity index is 943. The van der Waals surface area contributed by atoms with Gasteiger partial charge in [0, 0.05) is 18.4 Å². The molecule has 6 heteroatoms. The molecule has 1 aromatic carbocycles. The van der Waals surface area contributed by atoms with Crippen LogP contribution in [0.5, 0.6) is 0 Å². The number of carbonyl (C=O) groups excluding carboxylic acids is 2. The van der Waals surface area contributed by atoms with Gasteiger partial charge in [0.25, 0.3) is 0 Å². The van der Waals surface area contributed by atoms with Gasteiger partial charge in [-0.15, -0.1) is 0 Å². The Hall–Kier alpha value is -2.18. The van der Waals surface area contributed by atoms with E-state index in [-0.39, 0.29) is 35.9 Å². The number of hydrogen-bond donors (Lipinski definition) is 2. The molecule has 2 N–H and O–H groups in total. The number of rotatable bonds is 7. The molecular formula is C28H39NO5. The highest BCUT2D eigenvalue weighted by Gasteiger charge is 2.70. The zero-order valence-electron chi connectivity index (χ0n) is 21.0. The fraction of sp³-hybridized carbons (Fsp3) is 0.643. The minimum absolute atomic E-state index is 0.169. The summed E-state index contributed by atoms with van der Waals surface area (Å²) in [5, 5.41) is 12.4. The number of amides is 1. The monoisotopic (exact) mass is 469 g/mol. The zero-order chi connectivity index (χ0) is 24.7. The smallest absolute Gasteiger partial charge is 0.331 e. The van der Waals surface area contributed by atoms with Crippen LogP contribution >= 0.6 is 0 Å². The van der Waals surface area contributed by atoms with Gasteiger partial charge in [0.15, 0.2) is 0 Å². The van der Waals surface area contributed by atoms with Gasteiger partial charge in [0.05, 0.1) is 11.6 Å². The van der Waals surface area contributed by atoms with Crippen molar-refractivity contribution in [3.05, 3.63) is 42.0 Å². The van der Waals surface area contributed by atoms with Gasteiger partial charge in [-0.1, -0.05) is 51.1 Å². The molecule has 3 aliphatic rings. The van der Waals surface area contributed by atoms with Gasteiger partial charge in [0.1, 0.15) is 18.3 Å². The molecule has 2 saturated heterocycles. The maximum Gasteiger partial charge on any atom is 0.331 e. The molecule has 34 heavy (non-hydrogen) atoms. The summed E-state index contributed by atoms with van der Waals surface area (Å²) in [4.78, 5) is 25.4. The maximum atomic E-state index is 13.2. The molecule has 6 nitrogen and oxygen atoms in total. The molecule has 7 atom stereocenters. The SMILES string of the molecule is C/C(=C\C(=O)OC1C2C(C)CCC2C2(C)OC1(CC(C)C)CC2NC(=O)CO)c1ccccc1. The van der Waals surface area contributed by atoms with Gasteiger partial charge in [0.2, 0.25) is 5.91 Å². The summed E-state index contributed by atoms with van der Waals surface area (Å²) in [6, 6.07) is 9.60. The fourth-order valence-electron chi connectivity index (χ4n) is 7.03. The molecule has 2 aliphatic heterocycles. The molecule has 1 saturated carbocycles. The number of aliphatic hydroxyl groups excluding tert-OH is 1. The summed E-state index contributed by atoms with van der Waals surface area (Å²) < 4.78 is 13.2. The lowest BCUT2D eigenvalue weighted by atomic mass is 9.70. The minimum Gasteiger partial charge on any atom is -0.456 e. The average Bonchev–Trinajstić information content (AvgIpc) is 3.28. The quantitative estimate of drug-likeness (QED) is 0.464. The molecule has 1 amide bonds. The molecular weight excluding hydrogens is 430 g/mol. The van der Waals surface area contributed by atoms with Crippen molar-refractivity contribution in [1.29, 1.82) is 0 Å². The van der Waals surface area contributed by atoms with Crippen molar-refractivity contribution in [3.63, 3.8) is 0 Å². The molecule has 186 valence electrons. The first-order valence-corrected chi connectivity index (χ1v) is 12.6. The van der Waals surface area contributed by atoms with Crippen molar-refractivity contribution in [1.82, 2.24) is 5.32 Å². The van der Waals surface area contributed by atoms with E-state index in [1.54, 1.807) is 6.08 Å². The standard InChI is InChI=1S/C28H39NO5/c1-17(2)14-28-15-22(29-23(31)16-30)27(5,34-28)21-12-11-18(3)25(21)26(28)33-24(32)13-19(4)20-9-7-6-8-10-20/h6-10,13,17-18,21-22,25-26,30H,11-12,14-16H2,1-5H3,(H,29,31)/b19-13+. The van der Waals surface area contributed by atoms with E-state index in [0.29, 0.717) is 18.3 Å². The summed E-state index contributed by atoms with van der Waals surface area (Å²) in [6.45, 7) is 10.0.